The maximum Gasteiger partial charge on any atom is 0.261 e. The number of carbonyl (C=O) groups excluding carboxylic acids is 1. The first kappa shape index (κ1) is 21.9. The van der Waals surface area contributed by atoms with E-state index in [0.29, 0.717) is 41.9 Å². The van der Waals surface area contributed by atoms with Crippen molar-refractivity contribution in [1.82, 2.24) is 5.32 Å². The number of hydrogen-bond donors (Lipinski definition) is 1. The molecule has 0 spiro atoms. The third-order valence-corrected chi connectivity index (χ3v) is 4.51. The largest absolute Gasteiger partial charge is 0.490 e. The Bertz CT molecular complexity index is 781. The van der Waals surface area contributed by atoms with E-state index in [1.807, 2.05) is 58.0 Å². The second-order valence-corrected chi connectivity index (χ2v) is 6.65. The van der Waals surface area contributed by atoms with Crippen LogP contribution in [-0.4, -0.2) is 25.2 Å². The summed E-state index contributed by atoms with van der Waals surface area (Å²) in [5.41, 5.74) is 0.924. The van der Waals surface area contributed by atoms with E-state index in [9.17, 15) is 4.79 Å². The number of halogens is 1. The number of nitrogens with one attached hydrogen (secondary N) is 1. The molecule has 0 bridgehead atoms. The Morgan fingerprint density at radius 3 is 2.32 bits per heavy atom. The Labute approximate surface area is 171 Å². The third-order valence-electron chi connectivity index (χ3n) is 4.20. The molecule has 0 aromatic heterocycles. The highest BCUT2D eigenvalue weighted by Gasteiger charge is 2.22. The first-order chi connectivity index (χ1) is 13.5. The molecule has 0 saturated heterocycles. The number of rotatable bonds is 10. The second-order valence-electron chi connectivity index (χ2n) is 6.25. The van der Waals surface area contributed by atoms with Crippen LogP contribution in [0.15, 0.2) is 42.5 Å². The zero-order valence-electron chi connectivity index (χ0n) is 16.8. The molecule has 0 heterocycles. The fraction of sp³-hybridized carbons (Fsp3) is 0.409. The number of benzene rings is 2. The van der Waals surface area contributed by atoms with Gasteiger partial charge in [0.2, 0.25) is 0 Å². The van der Waals surface area contributed by atoms with Crippen molar-refractivity contribution in [2.75, 3.05) is 13.2 Å². The first-order valence-electron chi connectivity index (χ1n) is 9.61. The van der Waals surface area contributed by atoms with E-state index in [2.05, 4.69) is 5.32 Å². The van der Waals surface area contributed by atoms with Gasteiger partial charge in [-0.2, -0.15) is 0 Å². The average Bonchev–Trinajstić information content (AvgIpc) is 2.68. The molecular weight excluding hydrogens is 378 g/mol. The van der Waals surface area contributed by atoms with Crippen LogP contribution < -0.4 is 19.5 Å². The molecular formula is C22H28ClNO4. The number of ether oxygens (including phenoxy) is 3. The maximum absolute atomic E-state index is 12.7. The Morgan fingerprint density at radius 1 is 1.00 bits per heavy atom. The fourth-order valence-electron chi connectivity index (χ4n) is 2.74. The highest BCUT2D eigenvalue weighted by molar-refractivity contribution is 6.32. The normalized spacial score (nSPS) is 12.8. The predicted octanol–water partition coefficient (Wildman–Crippen LogP) is 5.17. The monoisotopic (exact) mass is 405 g/mol. The van der Waals surface area contributed by atoms with Gasteiger partial charge in [0.15, 0.2) is 17.6 Å². The van der Waals surface area contributed by atoms with Gasteiger partial charge in [0.05, 0.1) is 24.3 Å². The van der Waals surface area contributed by atoms with Crippen LogP contribution in [0.3, 0.4) is 0 Å². The Kier molecular flexibility index (Phi) is 8.45. The van der Waals surface area contributed by atoms with E-state index >= 15 is 0 Å². The molecule has 6 heteroatoms. The van der Waals surface area contributed by atoms with Crippen LogP contribution in [0.4, 0.5) is 0 Å². The molecule has 2 atom stereocenters. The molecule has 1 amide bonds. The molecule has 28 heavy (non-hydrogen) atoms. The molecule has 2 rings (SSSR count). The molecule has 0 aliphatic heterocycles. The smallest absolute Gasteiger partial charge is 0.261 e. The van der Waals surface area contributed by atoms with E-state index in [0.717, 1.165) is 5.56 Å². The molecule has 0 radical (unpaired) electrons. The number of para-hydroxylation sites is 1. The van der Waals surface area contributed by atoms with Gasteiger partial charge in [0, 0.05) is 0 Å². The summed E-state index contributed by atoms with van der Waals surface area (Å²) in [4.78, 5) is 12.7. The van der Waals surface area contributed by atoms with Gasteiger partial charge < -0.3 is 19.5 Å². The van der Waals surface area contributed by atoms with Crippen LogP contribution in [0.2, 0.25) is 5.02 Å². The van der Waals surface area contributed by atoms with Crippen LogP contribution in [0.5, 0.6) is 17.2 Å². The van der Waals surface area contributed by atoms with Crippen molar-refractivity contribution in [1.29, 1.82) is 0 Å². The quantitative estimate of drug-likeness (QED) is 0.592. The number of carbonyl (C=O) groups is 1. The number of hydrogen-bond acceptors (Lipinski definition) is 4. The summed E-state index contributed by atoms with van der Waals surface area (Å²) < 4.78 is 17.1. The lowest BCUT2D eigenvalue weighted by Gasteiger charge is -2.22. The highest BCUT2D eigenvalue weighted by Crippen LogP contribution is 2.31. The molecule has 0 fully saturated rings. The van der Waals surface area contributed by atoms with Gasteiger partial charge in [0.25, 0.3) is 5.91 Å². The summed E-state index contributed by atoms with van der Waals surface area (Å²) in [6.07, 6.45) is -0.103. The molecule has 152 valence electrons. The Morgan fingerprint density at radius 2 is 1.68 bits per heavy atom. The minimum Gasteiger partial charge on any atom is -0.490 e. The Hall–Kier alpha value is -2.40. The summed E-state index contributed by atoms with van der Waals surface area (Å²) in [5.74, 6) is 1.67. The van der Waals surface area contributed by atoms with Crippen LogP contribution >= 0.6 is 11.6 Å². The van der Waals surface area contributed by atoms with Crippen molar-refractivity contribution in [2.45, 2.75) is 46.3 Å². The maximum atomic E-state index is 12.7. The lowest BCUT2D eigenvalue weighted by molar-refractivity contribution is -0.128. The van der Waals surface area contributed by atoms with E-state index in [1.54, 1.807) is 12.1 Å². The van der Waals surface area contributed by atoms with Gasteiger partial charge in [-0.05, 0) is 57.0 Å². The minimum atomic E-state index is -0.628. The summed E-state index contributed by atoms with van der Waals surface area (Å²) in [5, 5.41) is 3.49. The fourth-order valence-corrected chi connectivity index (χ4v) is 2.92. The van der Waals surface area contributed by atoms with Gasteiger partial charge in [-0.3, -0.25) is 4.79 Å². The lowest BCUT2D eigenvalue weighted by atomic mass is 10.1. The SMILES string of the molecule is CCOc1ccc([C@@H](C)NC(=O)[C@H](CC)Oc2ccccc2Cl)cc1OCC. The van der Waals surface area contributed by atoms with Crippen molar-refractivity contribution in [2.24, 2.45) is 0 Å². The van der Waals surface area contributed by atoms with Crippen LogP contribution in [0.25, 0.3) is 0 Å². The van der Waals surface area contributed by atoms with Gasteiger partial charge in [0.1, 0.15) is 5.75 Å². The standard InChI is InChI=1S/C22H28ClNO4/c1-5-18(28-19-11-9-8-10-17(19)23)22(25)24-15(4)16-12-13-20(26-6-2)21(14-16)27-7-3/h8-15,18H,5-7H2,1-4H3,(H,24,25)/t15-,18+/m1/s1. The highest BCUT2D eigenvalue weighted by atomic mass is 35.5. The molecule has 0 aliphatic rings. The molecule has 5 nitrogen and oxygen atoms in total. The predicted molar refractivity (Wildman–Crippen MR) is 111 cm³/mol. The van der Waals surface area contributed by atoms with Crippen LogP contribution in [0, 0.1) is 0 Å². The van der Waals surface area contributed by atoms with Crippen molar-refractivity contribution in [3.8, 4) is 17.2 Å². The molecule has 0 unspecified atom stereocenters. The zero-order valence-corrected chi connectivity index (χ0v) is 17.6. The van der Waals surface area contributed by atoms with E-state index < -0.39 is 6.10 Å². The van der Waals surface area contributed by atoms with Crippen LogP contribution in [-0.2, 0) is 4.79 Å². The van der Waals surface area contributed by atoms with E-state index in [-0.39, 0.29) is 11.9 Å². The third kappa shape index (κ3) is 5.80. The van der Waals surface area contributed by atoms with Crippen molar-refractivity contribution in [3.63, 3.8) is 0 Å². The van der Waals surface area contributed by atoms with Gasteiger partial charge in [-0.25, -0.2) is 0 Å². The lowest BCUT2D eigenvalue weighted by Crippen LogP contribution is -2.39. The number of amides is 1. The zero-order chi connectivity index (χ0) is 20.5. The summed E-state index contributed by atoms with van der Waals surface area (Å²) in [6, 6.07) is 12.6. The van der Waals surface area contributed by atoms with Crippen molar-refractivity contribution >= 4 is 17.5 Å². The van der Waals surface area contributed by atoms with E-state index in [4.69, 9.17) is 25.8 Å². The second kappa shape index (κ2) is 10.8. The van der Waals surface area contributed by atoms with Crippen molar-refractivity contribution < 1.29 is 19.0 Å². The average molecular weight is 406 g/mol. The molecule has 2 aromatic rings. The molecule has 1 N–H and O–H groups in total. The molecule has 2 aromatic carbocycles. The van der Waals surface area contributed by atoms with E-state index in [1.165, 1.54) is 0 Å². The van der Waals surface area contributed by atoms with Crippen LogP contribution in [0.1, 0.15) is 45.7 Å². The first-order valence-corrected chi connectivity index (χ1v) is 9.98. The van der Waals surface area contributed by atoms with Gasteiger partial charge in [-0.1, -0.05) is 36.7 Å². The Balaban J connectivity index is 2.09. The van der Waals surface area contributed by atoms with Gasteiger partial charge >= 0.3 is 0 Å². The van der Waals surface area contributed by atoms with Gasteiger partial charge in [-0.15, -0.1) is 0 Å². The van der Waals surface area contributed by atoms with Crippen molar-refractivity contribution in [3.05, 3.63) is 53.1 Å². The molecule has 0 saturated carbocycles. The minimum absolute atomic E-state index is 0.193. The summed E-state index contributed by atoms with van der Waals surface area (Å²) >= 11 is 6.14. The summed E-state index contributed by atoms with van der Waals surface area (Å²) in [6.45, 7) is 8.76. The molecule has 0 aliphatic carbocycles. The summed E-state index contributed by atoms with van der Waals surface area (Å²) in [7, 11) is 0. The topological polar surface area (TPSA) is 56.8 Å².